The van der Waals surface area contributed by atoms with Gasteiger partial charge in [-0.1, -0.05) is 19.1 Å². The number of fused-ring (bicyclic) bond motifs is 5. The number of rotatable bonds is 1. The molecule has 0 aliphatic heterocycles. The Kier molecular flexibility index (Phi) is 3.01. The van der Waals surface area contributed by atoms with Crippen LogP contribution in [0.3, 0.4) is 0 Å². The van der Waals surface area contributed by atoms with E-state index >= 15 is 0 Å². The molecule has 0 radical (unpaired) electrons. The summed E-state index contributed by atoms with van der Waals surface area (Å²) in [5.74, 6) is 2.57. The van der Waals surface area contributed by atoms with E-state index in [0.717, 1.165) is 24.8 Å². The molecule has 0 unspecified atom stereocenters. The third-order valence-electron chi connectivity index (χ3n) is 6.67. The molecular weight excluding hydrogens is 272 g/mol. The summed E-state index contributed by atoms with van der Waals surface area (Å²) in [5.41, 5.74) is 3.98. The Morgan fingerprint density at radius 3 is 2.91 bits per heavy atom. The standard InChI is InChI=1S/C20H24O2/c1-12(21)18-7-8-19-17-5-3-13-11-14(22)4-6-15(13)16(17)9-10-20(18,19)2/h4,6-7,11,16-17,19,22H,3,5,8-10H2,1-2H3/t16-,17-,19+,20-/m1/s1. The van der Waals surface area contributed by atoms with Crippen LogP contribution in [0.4, 0.5) is 0 Å². The fourth-order valence-corrected chi connectivity index (χ4v) is 5.68. The van der Waals surface area contributed by atoms with Crippen molar-refractivity contribution in [3.05, 3.63) is 41.0 Å². The molecule has 1 aromatic rings. The summed E-state index contributed by atoms with van der Waals surface area (Å²) in [6.45, 7) is 4.05. The Labute approximate surface area is 132 Å². The number of allylic oxidation sites excluding steroid dienone is 2. The molecular formula is C20H24O2. The van der Waals surface area contributed by atoms with E-state index in [1.165, 1.54) is 24.0 Å². The summed E-state index contributed by atoms with van der Waals surface area (Å²) in [4.78, 5) is 12.0. The van der Waals surface area contributed by atoms with Gasteiger partial charge in [0, 0.05) is 0 Å². The number of hydrogen-bond acceptors (Lipinski definition) is 2. The number of carbonyl (C=O) groups is 1. The Hall–Kier alpha value is -1.57. The Bertz CT molecular complexity index is 672. The highest BCUT2D eigenvalue weighted by atomic mass is 16.3. The number of phenolic OH excluding ortho intramolecular Hbond substituents is 1. The average Bonchev–Trinajstić information content (AvgIpc) is 2.84. The van der Waals surface area contributed by atoms with E-state index in [1.807, 2.05) is 12.1 Å². The lowest BCUT2D eigenvalue weighted by Crippen LogP contribution is -2.42. The summed E-state index contributed by atoms with van der Waals surface area (Å²) in [6.07, 6.45) is 7.83. The van der Waals surface area contributed by atoms with Gasteiger partial charge < -0.3 is 5.11 Å². The lowest BCUT2D eigenvalue weighted by Gasteiger charge is -2.50. The van der Waals surface area contributed by atoms with Crippen LogP contribution in [0.15, 0.2) is 29.8 Å². The number of aromatic hydroxyl groups is 1. The van der Waals surface area contributed by atoms with Crippen molar-refractivity contribution in [1.29, 1.82) is 0 Å². The maximum absolute atomic E-state index is 12.0. The lowest BCUT2D eigenvalue weighted by atomic mass is 9.54. The van der Waals surface area contributed by atoms with E-state index in [9.17, 15) is 9.90 Å². The van der Waals surface area contributed by atoms with E-state index in [0.29, 0.717) is 23.5 Å². The van der Waals surface area contributed by atoms with Crippen molar-refractivity contribution in [3.63, 3.8) is 0 Å². The SMILES string of the molecule is CC(=O)C1=CC[C@H]2[C@@H]3CCc4cc(O)ccc4[C@H]3CC[C@]12C. The van der Waals surface area contributed by atoms with E-state index in [1.54, 1.807) is 6.92 Å². The summed E-state index contributed by atoms with van der Waals surface area (Å²) in [6, 6.07) is 5.93. The highest BCUT2D eigenvalue weighted by Gasteiger charge is 2.52. The van der Waals surface area contributed by atoms with Crippen LogP contribution in [0.5, 0.6) is 5.75 Å². The molecule has 1 aromatic carbocycles. The number of carbonyl (C=O) groups excluding carboxylic acids is 1. The fraction of sp³-hybridized carbons (Fsp3) is 0.550. The highest BCUT2D eigenvalue weighted by molar-refractivity contribution is 5.95. The summed E-state index contributed by atoms with van der Waals surface area (Å²) >= 11 is 0. The van der Waals surface area contributed by atoms with Gasteiger partial charge in [-0.3, -0.25) is 4.79 Å². The lowest BCUT2D eigenvalue weighted by molar-refractivity contribution is -0.115. The number of phenols is 1. The molecule has 4 rings (SSSR count). The van der Waals surface area contributed by atoms with Gasteiger partial charge in [0.2, 0.25) is 0 Å². The molecule has 0 saturated heterocycles. The molecule has 116 valence electrons. The molecule has 4 atom stereocenters. The van der Waals surface area contributed by atoms with Gasteiger partial charge in [0.1, 0.15) is 5.75 Å². The van der Waals surface area contributed by atoms with Crippen molar-refractivity contribution in [1.82, 2.24) is 0 Å². The minimum absolute atomic E-state index is 0.0986. The predicted octanol–water partition coefficient (Wildman–Crippen LogP) is 4.37. The van der Waals surface area contributed by atoms with E-state index in [2.05, 4.69) is 19.1 Å². The number of Topliss-reactive ketones (excluding diaryl/α,β-unsaturated/α-hetero) is 1. The van der Waals surface area contributed by atoms with Gasteiger partial charge in [0.25, 0.3) is 0 Å². The van der Waals surface area contributed by atoms with Crippen LogP contribution in [0.2, 0.25) is 0 Å². The molecule has 0 bridgehead atoms. The maximum atomic E-state index is 12.0. The molecule has 3 aliphatic rings. The van der Waals surface area contributed by atoms with Crippen molar-refractivity contribution in [2.45, 2.75) is 51.9 Å². The van der Waals surface area contributed by atoms with Crippen LogP contribution in [-0.2, 0) is 11.2 Å². The molecule has 1 N–H and O–H groups in total. The normalized spacial score (nSPS) is 36.1. The third-order valence-corrected chi connectivity index (χ3v) is 6.67. The van der Waals surface area contributed by atoms with Crippen molar-refractivity contribution >= 4 is 5.78 Å². The first kappa shape index (κ1) is 14.0. The quantitative estimate of drug-likeness (QED) is 0.835. The first-order valence-electron chi connectivity index (χ1n) is 8.54. The second-order valence-corrected chi connectivity index (χ2v) is 7.66. The molecule has 0 amide bonds. The van der Waals surface area contributed by atoms with Gasteiger partial charge in [0.15, 0.2) is 5.78 Å². The van der Waals surface area contributed by atoms with Crippen LogP contribution in [-0.4, -0.2) is 10.9 Å². The van der Waals surface area contributed by atoms with Crippen LogP contribution >= 0.6 is 0 Å². The average molecular weight is 296 g/mol. The van der Waals surface area contributed by atoms with Gasteiger partial charge in [-0.25, -0.2) is 0 Å². The van der Waals surface area contributed by atoms with Gasteiger partial charge in [-0.05, 0) is 91.0 Å². The first-order chi connectivity index (χ1) is 10.5. The highest BCUT2D eigenvalue weighted by Crippen LogP contribution is 2.61. The Balaban J connectivity index is 1.70. The smallest absolute Gasteiger partial charge is 0.156 e. The van der Waals surface area contributed by atoms with Crippen molar-refractivity contribution in [2.24, 2.45) is 17.3 Å². The van der Waals surface area contributed by atoms with Gasteiger partial charge >= 0.3 is 0 Å². The summed E-state index contributed by atoms with van der Waals surface area (Å²) in [7, 11) is 0. The van der Waals surface area contributed by atoms with E-state index in [4.69, 9.17) is 0 Å². The summed E-state index contributed by atoms with van der Waals surface area (Å²) in [5, 5.41) is 9.73. The number of aryl methyl sites for hydroxylation is 1. The monoisotopic (exact) mass is 296 g/mol. The molecule has 1 fully saturated rings. The summed E-state index contributed by atoms with van der Waals surface area (Å²) < 4.78 is 0. The maximum Gasteiger partial charge on any atom is 0.156 e. The van der Waals surface area contributed by atoms with Crippen LogP contribution in [0.25, 0.3) is 0 Å². The molecule has 1 saturated carbocycles. The topological polar surface area (TPSA) is 37.3 Å². The molecule has 0 heterocycles. The molecule has 2 heteroatoms. The molecule has 22 heavy (non-hydrogen) atoms. The Morgan fingerprint density at radius 2 is 2.14 bits per heavy atom. The van der Waals surface area contributed by atoms with E-state index < -0.39 is 0 Å². The number of benzene rings is 1. The van der Waals surface area contributed by atoms with Crippen LogP contribution in [0, 0.1) is 17.3 Å². The predicted molar refractivity (Wildman–Crippen MR) is 86.9 cm³/mol. The fourth-order valence-electron chi connectivity index (χ4n) is 5.68. The van der Waals surface area contributed by atoms with E-state index in [-0.39, 0.29) is 11.2 Å². The second kappa shape index (κ2) is 4.71. The van der Waals surface area contributed by atoms with Crippen molar-refractivity contribution in [2.75, 3.05) is 0 Å². The molecule has 3 aliphatic carbocycles. The zero-order valence-corrected chi connectivity index (χ0v) is 13.4. The van der Waals surface area contributed by atoms with Gasteiger partial charge in [-0.15, -0.1) is 0 Å². The van der Waals surface area contributed by atoms with Crippen molar-refractivity contribution in [3.8, 4) is 5.75 Å². The van der Waals surface area contributed by atoms with Crippen molar-refractivity contribution < 1.29 is 9.90 Å². The van der Waals surface area contributed by atoms with Gasteiger partial charge in [0.05, 0.1) is 0 Å². The number of hydrogen-bond donors (Lipinski definition) is 1. The zero-order valence-electron chi connectivity index (χ0n) is 13.4. The van der Waals surface area contributed by atoms with Gasteiger partial charge in [-0.2, -0.15) is 0 Å². The number of ketones is 1. The van der Waals surface area contributed by atoms with Crippen LogP contribution in [0.1, 0.15) is 56.6 Å². The largest absolute Gasteiger partial charge is 0.508 e. The zero-order chi connectivity index (χ0) is 15.5. The Morgan fingerprint density at radius 1 is 1.32 bits per heavy atom. The van der Waals surface area contributed by atoms with Crippen LogP contribution < -0.4 is 0 Å². The minimum atomic E-state index is 0.0986. The minimum Gasteiger partial charge on any atom is -0.508 e. The molecule has 0 spiro atoms. The first-order valence-corrected chi connectivity index (χ1v) is 8.54. The molecule has 2 nitrogen and oxygen atoms in total. The second-order valence-electron chi connectivity index (χ2n) is 7.66. The third kappa shape index (κ3) is 1.82. The molecule has 0 aromatic heterocycles.